The maximum absolute atomic E-state index is 12.3. The van der Waals surface area contributed by atoms with Gasteiger partial charge in [-0.25, -0.2) is 9.59 Å². The van der Waals surface area contributed by atoms with Crippen molar-refractivity contribution in [3.05, 3.63) is 113 Å². The number of ether oxygens (including phenoxy) is 2. The van der Waals surface area contributed by atoms with Crippen molar-refractivity contribution in [2.75, 3.05) is 10.6 Å². The quantitative estimate of drug-likeness (QED) is 0.254. The standard InChI is InChI=1S/C27H21N3O6/c31-22-7-4-9-24(17-22)36-27(33)29-25-10-2-1-5-19(25)15-18-11-13-20(14-12-18)28-26(32)35-23-8-3-6-21(16-23)30-34/h1-14,16-17,31H,15H2,(H,28,32)(H,29,33). The molecule has 0 atom stereocenters. The number of aromatic hydroxyl groups is 1. The number of amides is 2. The molecule has 0 fully saturated rings. The lowest BCUT2D eigenvalue weighted by Gasteiger charge is -2.12. The second kappa shape index (κ2) is 11.3. The Morgan fingerprint density at radius 1 is 0.750 bits per heavy atom. The van der Waals surface area contributed by atoms with E-state index < -0.39 is 12.2 Å². The number of carbonyl (C=O) groups is 2. The molecule has 36 heavy (non-hydrogen) atoms. The maximum atomic E-state index is 12.3. The molecule has 9 heteroatoms. The molecule has 0 spiro atoms. The molecule has 0 heterocycles. The molecule has 0 aromatic heterocycles. The zero-order valence-corrected chi connectivity index (χ0v) is 18.9. The summed E-state index contributed by atoms with van der Waals surface area (Å²) in [6, 6.07) is 26.4. The van der Waals surface area contributed by atoms with Crippen LogP contribution in [0.5, 0.6) is 17.2 Å². The molecule has 0 aliphatic carbocycles. The zero-order valence-electron chi connectivity index (χ0n) is 18.9. The summed E-state index contributed by atoms with van der Waals surface area (Å²) in [6.07, 6.45) is -0.870. The number of nitrogens with one attached hydrogen (secondary N) is 2. The highest BCUT2D eigenvalue weighted by Crippen LogP contribution is 2.23. The van der Waals surface area contributed by atoms with E-state index >= 15 is 0 Å². The molecule has 180 valence electrons. The van der Waals surface area contributed by atoms with Gasteiger partial charge in [-0.1, -0.05) is 42.5 Å². The second-order valence-electron chi connectivity index (χ2n) is 7.65. The van der Waals surface area contributed by atoms with E-state index in [0.29, 0.717) is 17.8 Å². The van der Waals surface area contributed by atoms with Gasteiger partial charge in [-0.2, -0.15) is 0 Å². The summed E-state index contributed by atoms with van der Waals surface area (Å²) >= 11 is 0. The van der Waals surface area contributed by atoms with Gasteiger partial charge in [-0.15, -0.1) is 4.91 Å². The third kappa shape index (κ3) is 6.67. The van der Waals surface area contributed by atoms with Crippen LogP contribution >= 0.6 is 0 Å². The molecule has 2 amide bonds. The van der Waals surface area contributed by atoms with Crippen LogP contribution in [0, 0.1) is 4.91 Å². The number of benzene rings is 4. The van der Waals surface area contributed by atoms with Gasteiger partial charge in [0, 0.05) is 23.5 Å². The van der Waals surface area contributed by atoms with Crippen molar-refractivity contribution < 1.29 is 24.2 Å². The number of carbonyl (C=O) groups excluding carboxylic acids is 2. The predicted molar refractivity (Wildman–Crippen MR) is 135 cm³/mol. The molecule has 0 aliphatic heterocycles. The molecule has 0 saturated carbocycles. The van der Waals surface area contributed by atoms with E-state index in [1.165, 1.54) is 24.3 Å². The first-order chi connectivity index (χ1) is 17.5. The largest absolute Gasteiger partial charge is 0.508 e. The topological polar surface area (TPSA) is 126 Å². The van der Waals surface area contributed by atoms with Crippen molar-refractivity contribution in [2.45, 2.75) is 6.42 Å². The summed E-state index contributed by atoms with van der Waals surface area (Å²) in [4.78, 5) is 35.1. The average Bonchev–Trinajstić information content (AvgIpc) is 2.86. The fourth-order valence-electron chi connectivity index (χ4n) is 3.37. The van der Waals surface area contributed by atoms with Crippen LogP contribution in [0.2, 0.25) is 0 Å². The van der Waals surface area contributed by atoms with Crippen LogP contribution in [-0.4, -0.2) is 17.3 Å². The molecular weight excluding hydrogens is 462 g/mol. The molecule has 3 N–H and O–H groups in total. The number of rotatable bonds is 7. The maximum Gasteiger partial charge on any atom is 0.417 e. The van der Waals surface area contributed by atoms with Gasteiger partial charge in [-0.05, 0) is 65.2 Å². The Balaban J connectivity index is 1.36. The molecule has 4 aromatic carbocycles. The van der Waals surface area contributed by atoms with Crippen LogP contribution in [-0.2, 0) is 6.42 Å². The first-order valence-electron chi connectivity index (χ1n) is 10.9. The van der Waals surface area contributed by atoms with Crippen LogP contribution in [0.25, 0.3) is 0 Å². The monoisotopic (exact) mass is 483 g/mol. The van der Waals surface area contributed by atoms with E-state index in [0.717, 1.165) is 11.1 Å². The highest BCUT2D eigenvalue weighted by molar-refractivity contribution is 5.88. The van der Waals surface area contributed by atoms with Crippen LogP contribution in [0.3, 0.4) is 0 Å². The fraction of sp³-hybridized carbons (Fsp3) is 0.0370. The molecule has 0 radical (unpaired) electrons. The Kier molecular flexibility index (Phi) is 7.52. The van der Waals surface area contributed by atoms with E-state index in [9.17, 15) is 19.6 Å². The van der Waals surface area contributed by atoms with E-state index in [-0.39, 0.29) is 22.9 Å². The van der Waals surface area contributed by atoms with Crippen LogP contribution in [0.1, 0.15) is 11.1 Å². The summed E-state index contributed by atoms with van der Waals surface area (Å²) in [5.74, 6) is 0.420. The summed E-state index contributed by atoms with van der Waals surface area (Å²) in [5.41, 5.74) is 3.06. The van der Waals surface area contributed by atoms with E-state index in [1.807, 2.05) is 24.3 Å². The summed E-state index contributed by atoms with van der Waals surface area (Å²) in [6.45, 7) is 0. The first-order valence-corrected chi connectivity index (χ1v) is 10.9. The minimum atomic E-state index is -0.703. The normalized spacial score (nSPS) is 10.2. The summed E-state index contributed by atoms with van der Waals surface area (Å²) in [7, 11) is 0. The molecule has 0 unspecified atom stereocenters. The number of nitrogens with zero attached hydrogens (tertiary/aromatic N) is 1. The van der Waals surface area contributed by atoms with Crippen molar-refractivity contribution in [1.82, 2.24) is 0 Å². The average molecular weight is 483 g/mol. The number of phenols is 1. The third-order valence-electron chi connectivity index (χ3n) is 5.01. The van der Waals surface area contributed by atoms with Crippen LogP contribution < -0.4 is 20.1 Å². The van der Waals surface area contributed by atoms with Gasteiger partial charge in [-0.3, -0.25) is 10.6 Å². The fourth-order valence-corrected chi connectivity index (χ4v) is 3.37. The lowest BCUT2D eigenvalue weighted by atomic mass is 10.0. The predicted octanol–water partition coefficient (Wildman–Crippen LogP) is 6.60. The Bertz CT molecular complexity index is 1390. The number of anilines is 2. The van der Waals surface area contributed by atoms with Crippen LogP contribution in [0.15, 0.2) is 102 Å². The Hall–Kier alpha value is -5.18. The lowest BCUT2D eigenvalue weighted by Crippen LogP contribution is -2.17. The minimum absolute atomic E-state index is 0.00342. The molecule has 0 aliphatic rings. The Morgan fingerprint density at radius 2 is 1.42 bits per heavy atom. The van der Waals surface area contributed by atoms with Gasteiger partial charge in [0.25, 0.3) is 0 Å². The molecule has 0 saturated heterocycles. The number of hydrogen-bond donors (Lipinski definition) is 3. The smallest absolute Gasteiger partial charge is 0.417 e. The van der Waals surface area contributed by atoms with Crippen molar-refractivity contribution in [3.8, 4) is 17.2 Å². The van der Waals surface area contributed by atoms with Gasteiger partial charge in [0.1, 0.15) is 22.9 Å². The van der Waals surface area contributed by atoms with Gasteiger partial charge >= 0.3 is 12.2 Å². The first kappa shape index (κ1) is 24.0. The van der Waals surface area contributed by atoms with Crippen molar-refractivity contribution in [2.24, 2.45) is 5.18 Å². The SMILES string of the molecule is O=Nc1cccc(OC(=O)Nc2ccc(Cc3ccccc3NC(=O)Oc3cccc(O)c3)cc2)c1. The minimum Gasteiger partial charge on any atom is -0.508 e. The number of nitroso groups, excluding NO2 is 1. The zero-order chi connectivity index (χ0) is 25.3. The van der Waals surface area contributed by atoms with E-state index in [4.69, 9.17) is 9.47 Å². The van der Waals surface area contributed by atoms with Gasteiger partial charge in [0.15, 0.2) is 0 Å². The molecule has 4 aromatic rings. The van der Waals surface area contributed by atoms with E-state index in [1.54, 1.807) is 48.5 Å². The van der Waals surface area contributed by atoms with Crippen molar-refractivity contribution >= 4 is 29.2 Å². The molecular formula is C27H21N3O6. The van der Waals surface area contributed by atoms with E-state index in [2.05, 4.69) is 15.8 Å². The van der Waals surface area contributed by atoms with Gasteiger partial charge < -0.3 is 14.6 Å². The molecule has 9 nitrogen and oxygen atoms in total. The van der Waals surface area contributed by atoms with Crippen molar-refractivity contribution in [1.29, 1.82) is 0 Å². The molecule has 4 rings (SSSR count). The van der Waals surface area contributed by atoms with Gasteiger partial charge in [0.05, 0.1) is 0 Å². The lowest BCUT2D eigenvalue weighted by molar-refractivity contribution is 0.214. The van der Waals surface area contributed by atoms with Crippen LogP contribution in [0.4, 0.5) is 26.7 Å². The number of hydrogen-bond acceptors (Lipinski definition) is 7. The second-order valence-corrected chi connectivity index (χ2v) is 7.65. The number of para-hydroxylation sites is 1. The third-order valence-corrected chi connectivity index (χ3v) is 5.01. The highest BCUT2D eigenvalue weighted by atomic mass is 16.6. The van der Waals surface area contributed by atoms with Crippen molar-refractivity contribution in [3.63, 3.8) is 0 Å². The summed E-state index contributed by atoms with van der Waals surface area (Å²) < 4.78 is 10.4. The summed E-state index contributed by atoms with van der Waals surface area (Å²) in [5, 5.41) is 17.7. The molecule has 0 bridgehead atoms. The Morgan fingerprint density at radius 3 is 2.14 bits per heavy atom. The number of phenolic OH excluding ortho intramolecular Hbond substituents is 1. The Labute approximate surface area is 206 Å². The highest BCUT2D eigenvalue weighted by Gasteiger charge is 2.11. The van der Waals surface area contributed by atoms with Gasteiger partial charge in [0.2, 0.25) is 0 Å².